The summed E-state index contributed by atoms with van der Waals surface area (Å²) in [7, 11) is 0. The second kappa shape index (κ2) is 5.71. The van der Waals surface area contributed by atoms with E-state index < -0.39 is 0 Å². The minimum atomic E-state index is -0.295. The Hall–Kier alpha value is -2.91. The number of rotatable bonds is 2. The summed E-state index contributed by atoms with van der Waals surface area (Å²) < 4.78 is 0. The van der Waals surface area contributed by atoms with E-state index in [9.17, 15) is 4.79 Å². The maximum atomic E-state index is 12.5. The molecule has 5 nitrogen and oxygen atoms in total. The number of nitrogens with zero attached hydrogens (tertiary/aromatic N) is 2. The largest absolute Gasteiger partial charge is 0.397 e. The quantitative estimate of drug-likeness (QED) is 0.753. The molecule has 0 fully saturated rings. The number of nitrogen functional groups attached to an aromatic ring is 1. The zero-order chi connectivity index (χ0) is 16.6. The Labute approximate surface area is 137 Å². The smallest absolute Gasteiger partial charge is 0.267 e. The third-order valence-electron chi connectivity index (χ3n) is 3.62. The van der Waals surface area contributed by atoms with E-state index in [1.807, 2.05) is 26.0 Å². The molecular weight excluding hydrogens is 308 g/mol. The molecule has 3 N–H and O–H groups in total. The number of amides is 1. The van der Waals surface area contributed by atoms with Crippen molar-refractivity contribution in [1.82, 2.24) is 4.98 Å². The summed E-state index contributed by atoms with van der Waals surface area (Å²) in [4.78, 5) is 18.2. The Morgan fingerprint density at radius 2 is 2.13 bits per heavy atom. The molecular formula is C17H14N4OS. The number of carbonyl (C=O) groups is 1. The summed E-state index contributed by atoms with van der Waals surface area (Å²) in [5.41, 5.74) is 9.57. The average Bonchev–Trinajstić information content (AvgIpc) is 2.85. The summed E-state index contributed by atoms with van der Waals surface area (Å²) in [6, 6.07) is 10.7. The van der Waals surface area contributed by atoms with E-state index in [1.165, 1.54) is 11.3 Å². The molecule has 0 atom stereocenters. The van der Waals surface area contributed by atoms with Gasteiger partial charge in [-0.15, -0.1) is 11.3 Å². The highest BCUT2D eigenvalue weighted by molar-refractivity contribution is 7.21. The molecule has 0 saturated heterocycles. The lowest BCUT2D eigenvalue weighted by molar-refractivity contribution is 0.103. The van der Waals surface area contributed by atoms with Crippen molar-refractivity contribution in [3.05, 3.63) is 52.0 Å². The van der Waals surface area contributed by atoms with Gasteiger partial charge in [-0.1, -0.05) is 6.07 Å². The van der Waals surface area contributed by atoms with E-state index in [-0.39, 0.29) is 5.91 Å². The molecule has 0 aliphatic carbocycles. The first-order valence-electron chi connectivity index (χ1n) is 6.97. The molecule has 0 aliphatic rings. The summed E-state index contributed by atoms with van der Waals surface area (Å²) in [5.74, 6) is -0.295. The minimum absolute atomic E-state index is 0.295. The van der Waals surface area contributed by atoms with Gasteiger partial charge in [-0.2, -0.15) is 5.26 Å². The standard InChI is InChI=1S/C17H14N4OS/c1-9-6-13-14(19)15(23-17(13)20-10(9)2)16(22)21-12-5-3-4-11(7-12)8-18/h3-7H,19H2,1-2H3,(H,21,22). The molecule has 0 unspecified atom stereocenters. The number of thiophene rings is 1. The zero-order valence-electron chi connectivity index (χ0n) is 12.7. The van der Waals surface area contributed by atoms with Gasteiger partial charge in [0.25, 0.3) is 5.91 Å². The van der Waals surface area contributed by atoms with Crippen LogP contribution in [-0.4, -0.2) is 10.9 Å². The van der Waals surface area contributed by atoms with Crippen molar-refractivity contribution in [2.75, 3.05) is 11.1 Å². The lowest BCUT2D eigenvalue weighted by atomic mass is 10.1. The van der Waals surface area contributed by atoms with Gasteiger partial charge < -0.3 is 11.1 Å². The molecule has 2 heterocycles. The third-order valence-corrected chi connectivity index (χ3v) is 4.73. The summed E-state index contributed by atoms with van der Waals surface area (Å²) in [6.07, 6.45) is 0. The number of aromatic nitrogens is 1. The average molecular weight is 322 g/mol. The van der Waals surface area contributed by atoms with Crippen LogP contribution >= 0.6 is 11.3 Å². The Morgan fingerprint density at radius 1 is 1.35 bits per heavy atom. The van der Waals surface area contributed by atoms with E-state index in [1.54, 1.807) is 24.3 Å². The third kappa shape index (κ3) is 2.74. The van der Waals surface area contributed by atoms with Gasteiger partial charge in [-0.3, -0.25) is 4.79 Å². The van der Waals surface area contributed by atoms with Crippen LogP contribution in [-0.2, 0) is 0 Å². The van der Waals surface area contributed by atoms with Crippen molar-refractivity contribution in [3.63, 3.8) is 0 Å². The molecule has 6 heteroatoms. The van der Waals surface area contributed by atoms with Crippen molar-refractivity contribution >= 4 is 38.8 Å². The van der Waals surface area contributed by atoms with Crippen LogP contribution in [0.2, 0.25) is 0 Å². The summed E-state index contributed by atoms with van der Waals surface area (Å²) in [6.45, 7) is 3.89. The van der Waals surface area contributed by atoms with E-state index in [0.717, 1.165) is 21.5 Å². The van der Waals surface area contributed by atoms with Crippen LogP contribution in [0.1, 0.15) is 26.5 Å². The molecule has 0 bridgehead atoms. The van der Waals surface area contributed by atoms with Gasteiger partial charge >= 0.3 is 0 Å². The van der Waals surface area contributed by atoms with Crippen molar-refractivity contribution < 1.29 is 4.79 Å². The van der Waals surface area contributed by atoms with Crippen molar-refractivity contribution in [2.45, 2.75) is 13.8 Å². The summed E-state index contributed by atoms with van der Waals surface area (Å²) in [5, 5.41) is 12.5. The number of hydrogen-bond donors (Lipinski definition) is 2. The first-order valence-corrected chi connectivity index (χ1v) is 7.79. The highest BCUT2D eigenvalue weighted by atomic mass is 32.1. The number of hydrogen-bond acceptors (Lipinski definition) is 5. The van der Waals surface area contributed by atoms with Crippen LogP contribution in [0, 0.1) is 25.2 Å². The predicted molar refractivity (Wildman–Crippen MR) is 92.6 cm³/mol. The molecule has 1 aromatic carbocycles. The van der Waals surface area contributed by atoms with Gasteiger partial charge in [-0.05, 0) is 43.7 Å². The van der Waals surface area contributed by atoms with Gasteiger partial charge in [0.1, 0.15) is 9.71 Å². The number of nitrogens with one attached hydrogen (secondary N) is 1. The monoisotopic (exact) mass is 322 g/mol. The fraction of sp³-hybridized carbons (Fsp3) is 0.118. The fourth-order valence-corrected chi connectivity index (χ4v) is 3.27. The van der Waals surface area contributed by atoms with Crippen LogP contribution in [0.3, 0.4) is 0 Å². The second-order valence-electron chi connectivity index (χ2n) is 5.23. The molecule has 1 amide bonds. The Kier molecular flexibility index (Phi) is 3.72. The van der Waals surface area contributed by atoms with Gasteiger partial charge in [0.15, 0.2) is 0 Å². The van der Waals surface area contributed by atoms with Crippen molar-refractivity contribution in [2.24, 2.45) is 0 Å². The van der Waals surface area contributed by atoms with E-state index >= 15 is 0 Å². The topological polar surface area (TPSA) is 91.8 Å². The molecule has 0 aliphatic heterocycles. The number of aryl methyl sites for hydroxylation is 2. The Morgan fingerprint density at radius 3 is 2.87 bits per heavy atom. The van der Waals surface area contributed by atoms with Crippen LogP contribution in [0.4, 0.5) is 11.4 Å². The first-order chi connectivity index (χ1) is 11.0. The molecule has 3 rings (SSSR count). The van der Waals surface area contributed by atoms with Crippen LogP contribution in [0.25, 0.3) is 10.2 Å². The van der Waals surface area contributed by atoms with Crippen LogP contribution in [0.5, 0.6) is 0 Å². The number of pyridine rings is 1. The molecule has 0 radical (unpaired) electrons. The Bertz CT molecular complexity index is 969. The van der Waals surface area contributed by atoms with Crippen molar-refractivity contribution in [3.8, 4) is 6.07 Å². The highest BCUT2D eigenvalue weighted by Gasteiger charge is 2.18. The van der Waals surface area contributed by atoms with E-state index in [4.69, 9.17) is 11.0 Å². The molecule has 3 aromatic rings. The lowest BCUT2D eigenvalue weighted by Crippen LogP contribution is -2.11. The number of anilines is 2. The number of carbonyl (C=O) groups excluding carboxylic acids is 1. The van der Waals surface area contributed by atoms with Gasteiger partial charge in [0, 0.05) is 16.8 Å². The fourth-order valence-electron chi connectivity index (χ4n) is 2.25. The lowest BCUT2D eigenvalue weighted by Gasteiger charge is -2.04. The first kappa shape index (κ1) is 15.0. The maximum absolute atomic E-state index is 12.5. The number of benzene rings is 1. The maximum Gasteiger partial charge on any atom is 0.267 e. The normalized spacial score (nSPS) is 10.5. The SMILES string of the molecule is Cc1cc2c(N)c(C(=O)Nc3cccc(C#N)c3)sc2nc1C. The molecule has 2 aromatic heterocycles. The molecule has 0 saturated carbocycles. The molecule has 0 spiro atoms. The van der Waals surface area contributed by atoms with E-state index in [2.05, 4.69) is 10.3 Å². The van der Waals surface area contributed by atoms with Gasteiger partial charge in [0.2, 0.25) is 0 Å². The van der Waals surface area contributed by atoms with Crippen LogP contribution in [0.15, 0.2) is 30.3 Å². The summed E-state index contributed by atoms with van der Waals surface area (Å²) >= 11 is 1.27. The Balaban J connectivity index is 1.98. The van der Waals surface area contributed by atoms with Gasteiger partial charge in [-0.25, -0.2) is 4.98 Å². The molecule has 114 valence electrons. The second-order valence-corrected chi connectivity index (χ2v) is 6.23. The van der Waals surface area contributed by atoms with Crippen LogP contribution < -0.4 is 11.1 Å². The van der Waals surface area contributed by atoms with Gasteiger partial charge in [0.05, 0.1) is 17.3 Å². The van der Waals surface area contributed by atoms with Crippen molar-refractivity contribution in [1.29, 1.82) is 5.26 Å². The highest BCUT2D eigenvalue weighted by Crippen LogP contribution is 2.34. The molecule has 23 heavy (non-hydrogen) atoms. The number of fused-ring (bicyclic) bond motifs is 1. The zero-order valence-corrected chi connectivity index (χ0v) is 13.5. The number of nitrogens with two attached hydrogens (primary N) is 1. The minimum Gasteiger partial charge on any atom is -0.397 e. The number of nitriles is 1. The van der Waals surface area contributed by atoms with E-state index in [0.29, 0.717) is 21.8 Å². The predicted octanol–water partition coefficient (Wildman–Crippen LogP) is 3.62.